The topological polar surface area (TPSA) is 47.0 Å². The van der Waals surface area contributed by atoms with Crippen LogP contribution in [0.15, 0.2) is 64.5 Å². The molecule has 0 aliphatic rings. The SMILES string of the molecule is Cc1ccc(-c2nc(S(=O)(=O)c3ccccc3)c(Cl)s2)cc1. The molecule has 0 bridgehead atoms. The van der Waals surface area contributed by atoms with Gasteiger partial charge in [0.2, 0.25) is 9.84 Å². The van der Waals surface area contributed by atoms with Gasteiger partial charge in [-0.1, -0.05) is 59.6 Å². The smallest absolute Gasteiger partial charge is 0.223 e. The number of hydrogen-bond acceptors (Lipinski definition) is 4. The van der Waals surface area contributed by atoms with Crippen molar-refractivity contribution in [2.45, 2.75) is 16.8 Å². The molecule has 0 unspecified atom stereocenters. The van der Waals surface area contributed by atoms with Crippen LogP contribution in [0.3, 0.4) is 0 Å². The van der Waals surface area contributed by atoms with E-state index in [1.54, 1.807) is 18.2 Å². The van der Waals surface area contributed by atoms with E-state index in [0.29, 0.717) is 5.01 Å². The number of aryl methyl sites for hydroxylation is 1. The molecule has 0 saturated carbocycles. The fourth-order valence-corrected chi connectivity index (χ4v) is 4.92. The molecule has 22 heavy (non-hydrogen) atoms. The van der Waals surface area contributed by atoms with E-state index in [-0.39, 0.29) is 14.3 Å². The number of rotatable bonds is 3. The van der Waals surface area contributed by atoms with Gasteiger partial charge in [-0.15, -0.1) is 11.3 Å². The van der Waals surface area contributed by atoms with E-state index in [4.69, 9.17) is 11.6 Å². The van der Waals surface area contributed by atoms with Gasteiger partial charge in [-0.2, -0.15) is 0 Å². The average molecular weight is 350 g/mol. The lowest BCUT2D eigenvalue weighted by Gasteiger charge is -2.01. The van der Waals surface area contributed by atoms with E-state index in [1.165, 1.54) is 23.5 Å². The van der Waals surface area contributed by atoms with Crippen molar-refractivity contribution in [2.24, 2.45) is 0 Å². The fourth-order valence-electron chi connectivity index (χ4n) is 1.98. The van der Waals surface area contributed by atoms with E-state index in [1.807, 2.05) is 31.2 Å². The van der Waals surface area contributed by atoms with Gasteiger partial charge in [0.15, 0.2) is 5.03 Å². The number of thiazole rings is 1. The van der Waals surface area contributed by atoms with E-state index >= 15 is 0 Å². The summed E-state index contributed by atoms with van der Waals surface area (Å²) < 4.78 is 25.4. The van der Waals surface area contributed by atoms with Crippen LogP contribution in [0, 0.1) is 6.92 Å². The van der Waals surface area contributed by atoms with Crippen LogP contribution in [-0.2, 0) is 9.84 Å². The second-order valence-electron chi connectivity index (χ2n) is 4.78. The standard InChI is InChI=1S/C16H12ClNO2S2/c1-11-7-9-12(10-8-11)15-18-16(14(17)21-15)22(19,20)13-5-3-2-4-6-13/h2-10H,1H3. The minimum atomic E-state index is -3.70. The molecule has 0 atom stereocenters. The minimum Gasteiger partial charge on any atom is -0.223 e. The van der Waals surface area contributed by atoms with E-state index in [9.17, 15) is 8.42 Å². The Balaban J connectivity index is 2.08. The van der Waals surface area contributed by atoms with Crippen LogP contribution in [0.1, 0.15) is 5.56 Å². The van der Waals surface area contributed by atoms with Gasteiger partial charge in [-0.25, -0.2) is 13.4 Å². The summed E-state index contributed by atoms with van der Waals surface area (Å²) in [5.41, 5.74) is 1.98. The number of aromatic nitrogens is 1. The molecule has 0 aliphatic carbocycles. The van der Waals surface area contributed by atoms with Gasteiger partial charge in [-0.05, 0) is 19.1 Å². The van der Waals surface area contributed by atoms with E-state index in [2.05, 4.69) is 4.98 Å². The number of sulfone groups is 1. The monoisotopic (exact) mass is 349 g/mol. The Morgan fingerprint density at radius 1 is 1.00 bits per heavy atom. The van der Waals surface area contributed by atoms with Crippen LogP contribution >= 0.6 is 22.9 Å². The summed E-state index contributed by atoms with van der Waals surface area (Å²) in [6.07, 6.45) is 0. The van der Waals surface area contributed by atoms with Gasteiger partial charge in [0.1, 0.15) is 9.34 Å². The fraction of sp³-hybridized carbons (Fsp3) is 0.0625. The first-order chi connectivity index (χ1) is 10.5. The van der Waals surface area contributed by atoms with Gasteiger partial charge in [0, 0.05) is 5.56 Å². The van der Waals surface area contributed by atoms with Gasteiger partial charge < -0.3 is 0 Å². The predicted octanol–water partition coefficient (Wildman–Crippen LogP) is 4.60. The van der Waals surface area contributed by atoms with Gasteiger partial charge in [0.25, 0.3) is 0 Å². The van der Waals surface area contributed by atoms with E-state index in [0.717, 1.165) is 11.1 Å². The maximum absolute atomic E-state index is 12.6. The number of hydrogen-bond donors (Lipinski definition) is 0. The summed E-state index contributed by atoms with van der Waals surface area (Å²) in [4.78, 5) is 4.45. The van der Waals surface area contributed by atoms with Crippen LogP contribution in [0.5, 0.6) is 0 Å². The second-order valence-corrected chi connectivity index (χ2v) is 8.25. The van der Waals surface area contributed by atoms with Crippen molar-refractivity contribution in [3.8, 4) is 10.6 Å². The Morgan fingerprint density at radius 2 is 1.64 bits per heavy atom. The molecule has 112 valence electrons. The highest BCUT2D eigenvalue weighted by Gasteiger charge is 2.25. The molecular formula is C16H12ClNO2S2. The zero-order valence-corrected chi connectivity index (χ0v) is 14.0. The van der Waals surface area contributed by atoms with Crippen LogP contribution < -0.4 is 0 Å². The maximum atomic E-state index is 12.6. The zero-order chi connectivity index (χ0) is 15.7. The molecule has 6 heteroatoms. The lowest BCUT2D eigenvalue weighted by molar-refractivity contribution is 0.593. The largest absolute Gasteiger partial charge is 0.226 e. The summed E-state index contributed by atoms with van der Waals surface area (Å²) >= 11 is 7.31. The van der Waals surface area contributed by atoms with Crippen molar-refractivity contribution in [3.63, 3.8) is 0 Å². The quantitative estimate of drug-likeness (QED) is 0.694. The number of nitrogens with zero attached hydrogens (tertiary/aromatic N) is 1. The Kier molecular flexibility index (Phi) is 4.04. The van der Waals surface area contributed by atoms with E-state index < -0.39 is 9.84 Å². The highest BCUT2D eigenvalue weighted by Crippen LogP contribution is 2.36. The van der Waals surface area contributed by atoms with Crippen LogP contribution in [0.4, 0.5) is 0 Å². The molecule has 0 amide bonds. The molecule has 3 aromatic rings. The molecule has 1 aromatic heterocycles. The van der Waals surface area contributed by atoms with Crippen molar-refractivity contribution >= 4 is 32.8 Å². The zero-order valence-electron chi connectivity index (χ0n) is 11.7. The molecule has 3 rings (SSSR count). The molecule has 0 radical (unpaired) electrons. The summed E-state index contributed by atoms with van der Waals surface area (Å²) in [5.74, 6) is 0. The summed E-state index contributed by atoms with van der Waals surface area (Å²) in [6.45, 7) is 1.99. The second kappa shape index (κ2) is 5.83. The maximum Gasteiger partial charge on any atom is 0.226 e. The Labute approximate surface area is 138 Å². The Bertz CT molecular complexity index is 901. The minimum absolute atomic E-state index is 0.0825. The lowest BCUT2D eigenvalue weighted by atomic mass is 10.2. The summed E-state index contributed by atoms with van der Waals surface area (Å²) in [7, 11) is -3.70. The van der Waals surface area contributed by atoms with Crippen molar-refractivity contribution in [3.05, 3.63) is 64.5 Å². The van der Waals surface area contributed by atoms with Gasteiger partial charge >= 0.3 is 0 Å². The third-order valence-electron chi connectivity index (χ3n) is 3.16. The Hall–Kier alpha value is -1.69. The highest BCUT2D eigenvalue weighted by atomic mass is 35.5. The van der Waals surface area contributed by atoms with Crippen LogP contribution in [-0.4, -0.2) is 13.4 Å². The predicted molar refractivity (Wildman–Crippen MR) is 89.2 cm³/mol. The molecular weight excluding hydrogens is 338 g/mol. The molecule has 0 N–H and O–H groups in total. The number of benzene rings is 2. The summed E-state index contributed by atoms with van der Waals surface area (Å²) in [6, 6.07) is 15.9. The molecule has 0 spiro atoms. The number of halogens is 1. The van der Waals surface area contributed by atoms with Crippen molar-refractivity contribution in [1.29, 1.82) is 0 Å². The lowest BCUT2D eigenvalue weighted by Crippen LogP contribution is -2.02. The molecule has 3 nitrogen and oxygen atoms in total. The van der Waals surface area contributed by atoms with Crippen molar-refractivity contribution < 1.29 is 8.42 Å². The Morgan fingerprint density at radius 3 is 2.27 bits per heavy atom. The molecule has 0 saturated heterocycles. The molecule has 0 aliphatic heterocycles. The van der Waals surface area contributed by atoms with Crippen molar-refractivity contribution in [2.75, 3.05) is 0 Å². The molecule has 2 aromatic carbocycles. The third-order valence-corrected chi connectivity index (χ3v) is 6.41. The van der Waals surface area contributed by atoms with Crippen LogP contribution in [0.25, 0.3) is 10.6 Å². The van der Waals surface area contributed by atoms with Crippen LogP contribution in [0.2, 0.25) is 4.34 Å². The molecule has 0 fully saturated rings. The first-order valence-electron chi connectivity index (χ1n) is 6.52. The van der Waals surface area contributed by atoms with Gasteiger partial charge in [0.05, 0.1) is 4.90 Å². The highest BCUT2D eigenvalue weighted by molar-refractivity contribution is 7.91. The first kappa shape index (κ1) is 15.2. The van der Waals surface area contributed by atoms with Crippen molar-refractivity contribution in [1.82, 2.24) is 4.98 Å². The third kappa shape index (κ3) is 2.79. The average Bonchev–Trinajstić information content (AvgIpc) is 2.91. The normalized spacial score (nSPS) is 11.5. The summed E-state index contributed by atoms with van der Waals surface area (Å²) in [5, 5.41) is 0.514. The molecule has 1 heterocycles. The van der Waals surface area contributed by atoms with Gasteiger partial charge in [-0.3, -0.25) is 0 Å². The first-order valence-corrected chi connectivity index (χ1v) is 9.20.